The first-order valence-corrected chi connectivity index (χ1v) is 11.2. The van der Waals surface area contributed by atoms with Crippen molar-refractivity contribution in [1.29, 1.82) is 0 Å². The van der Waals surface area contributed by atoms with Crippen molar-refractivity contribution in [2.45, 2.75) is 38.8 Å². The smallest absolute Gasteiger partial charge is 0.322 e. The molecule has 170 valence electrons. The molecule has 0 bridgehead atoms. The van der Waals surface area contributed by atoms with Gasteiger partial charge < -0.3 is 15.0 Å². The zero-order valence-electron chi connectivity index (χ0n) is 18.6. The second-order valence-electron chi connectivity index (χ2n) is 8.05. The van der Waals surface area contributed by atoms with Gasteiger partial charge in [-0.1, -0.05) is 36.4 Å². The van der Waals surface area contributed by atoms with Gasteiger partial charge in [0.15, 0.2) is 0 Å². The molecule has 0 radical (unpaired) electrons. The molecule has 7 nitrogen and oxygen atoms in total. The van der Waals surface area contributed by atoms with Crippen LogP contribution in [0, 0.1) is 10.1 Å². The highest BCUT2D eigenvalue weighted by atomic mass is 16.6. The molecule has 0 spiro atoms. The van der Waals surface area contributed by atoms with E-state index in [-0.39, 0.29) is 17.8 Å². The van der Waals surface area contributed by atoms with Gasteiger partial charge >= 0.3 is 6.03 Å². The van der Waals surface area contributed by atoms with Gasteiger partial charge in [0.1, 0.15) is 5.75 Å². The van der Waals surface area contributed by atoms with E-state index < -0.39 is 4.92 Å². The molecular formula is C26H27N3O4. The molecule has 1 atom stereocenters. The van der Waals surface area contributed by atoms with Gasteiger partial charge in [0.25, 0.3) is 5.69 Å². The first-order valence-electron chi connectivity index (χ1n) is 11.2. The Labute approximate surface area is 193 Å². The van der Waals surface area contributed by atoms with Crippen LogP contribution in [0.1, 0.15) is 42.5 Å². The van der Waals surface area contributed by atoms with Crippen LogP contribution in [0.2, 0.25) is 0 Å². The lowest BCUT2D eigenvalue weighted by Crippen LogP contribution is -2.39. The average Bonchev–Trinajstić information content (AvgIpc) is 2.84. The monoisotopic (exact) mass is 445 g/mol. The standard InChI is InChI=1S/C26H27N3O4/c1-2-33-23-16-12-21(13-17-23)27-26(30)28(18-19-10-14-22(15-11-19)29(31)32)25-9-5-7-20-6-3-4-8-24(20)25/h3-4,6,8,10-17,25H,2,5,7,9,18H2,1H3,(H,27,30). The Morgan fingerprint density at radius 1 is 1.09 bits per heavy atom. The van der Waals surface area contributed by atoms with Crippen LogP contribution in [0.15, 0.2) is 72.8 Å². The van der Waals surface area contributed by atoms with Crippen molar-refractivity contribution in [3.8, 4) is 5.75 Å². The second-order valence-corrected chi connectivity index (χ2v) is 8.05. The number of nitrogens with zero attached hydrogens (tertiary/aromatic N) is 2. The number of carbonyl (C=O) groups is 1. The van der Waals surface area contributed by atoms with Crippen LogP contribution in [0.3, 0.4) is 0 Å². The van der Waals surface area contributed by atoms with E-state index in [2.05, 4.69) is 17.4 Å². The van der Waals surface area contributed by atoms with Gasteiger partial charge in [-0.2, -0.15) is 0 Å². The first kappa shape index (κ1) is 22.3. The maximum Gasteiger partial charge on any atom is 0.322 e. The molecule has 1 N–H and O–H groups in total. The van der Waals surface area contributed by atoms with Crippen LogP contribution < -0.4 is 10.1 Å². The van der Waals surface area contributed by atoms with Crippen molar-refractivity contribution < 1.29 is 14.5 Å². The molecule has 1 unspecified atom stereocenters. The van der Waals surface area contributed by atoms with E-state index in [1.807, 2.05) is 48.2 Å². The second kappa shape index (κ2) is 10.2. The van der Waals surface area contributed by atoms with E-state index in [0.29, 0.717) is 18.8 Å². The van der Waals surface area contributed by atoms with Crippen LogP contribution in [0.25, 0.3) is 0 Å². The summed E-state index contributed by atoms with van der Waals surface area (Å²) in [5.41, 5.74) is 3.97. The van der Waals surface area contributed by atoms with E-state index in [1.54, 1.807) is 12.1 Å². The Morgan fingerprint density at radius 2 is 1.82 bits per heavy atom. The van der Waals surface area contributed by atoms with Crippen molar-refractivity contribution in [2.75, 3.05) is 11.9 Å². The van der Waals surface area contributed by atoms with E-state index in [1.165, 1.54) is 17.7 Å². The molecule has 0 heterocycles. The molecule has 3 aromatic carbocycles. The summed E-state index contributed by atoms with van der Waals surface area (Å²) in [6.07, 6.45) is 2.86. The van der Waals surface area contributed by atoms with Crippen LogP contribution in [0.5, 0.6) is 5.75 Å². The molecule has 1 aliphatic rings. The zero-order chi connectivity index (χ0) is 23.2. The number of anilines is 1. The van der Waals surface area contributed by atoms with Gasteiger partial charge in [0, 0.05) is 24.4 Å². The fraction of sp³-hybridized carbons (Fsp3) is 0.269. The Morgan fingerprint density at radius 3 is 2.52 bits per heavy atom. The Hall–Kier alpha value is -3.87. The molecule has 0 saturated heterocycles. The number of ether oxygens (including phenoxy) is 1. The number of fused-ring (bicyclic) bond motifs is 1. The molecule has 7 heteroatoms. The summed E-state index contributed by atoms with van der Waals surface area (Å²) in [7, 11) is 0. The van der Waals surface area contributed by atoms with Gasteiger partial charge in [-0.05, 0) is 67.1 Å². The summed E-state index contributed by atoms with van der Waals surface area (Å²) in [4.78, 5) is 25.9. The number of urea groups is 1. The fourth-order valence-electron chi connectivity index (χ4n) is 4.29. The minimum absolute atomic E-state index is 0.0344. The predicted octanol–water partition coefficient (Wildman–Crippen LogP) is 6.11. The number of amides is 2. The van der Waals surface area contributed by atoms with Crippen molar-refractivity contribution in [3.05, 3.63) is 99.6 Å². The third kappa shape index (κ3) is 5.31. The normalized spacial score (nSPS) is 14.8. The number of carbonyl (C=O) groups excluding carboxylic acids is 1. The van der Waals surface area contributed by atoms with Crippen molar-refractivity contribution in [3.63, 3.8) is 0 Å². The molecule has 0 aliphatic heterocycles. The maximum atomic E-state index is 13.5. The highest BCUT2D eigenvalue weighted by Crippen LogP contribution is 2.35. The summed E-state index contributed by atoms with van der Waals surface area (Å²) in [6, 6.07) is 21.6. The molecule has 0 fully saturated rings. The topological polar surface area (TPSA) is 84.7 Å². The van der Waals surface area contributed by atoms with Gasteiger partial charge in [0.2, 0.25) is 0 Å². The van der Waals surface area contributed by atoms with E-state index in [4.69, 9.17) is 4.74 Å². The average molecular weight is 446 g/mol. The minimum atomic E-state index is -0.419. The van der Waals surface area contributed by atoms with Gasteiger partial charge in [-0.3, -0.25) is 10.1 Å². The SMILES string of the molecule is CCOc1ccc(NC(=O)N(Cc2ccc([N+](=O)[O-])cc2)C2CCCc3ccccc32)cc1. The quantitative estimate of drug-likeness (QED) is 0.351. The molecule has 0 saturated carbocycles. The largest absolute Gasteiger partial charge is 0.494 e. The Kier molecular flexibility index (Phi) is 6.88. The van der Waals surface area contributed by atoms with Crippen molar-refractivity contribution in [2.24, 2.45) is 0 Å². The van der Waals surface area contributed by atoms with Crippen LogP contribution in [-0.2, 0) is 13.0 Å². The molecule has 1 aliphatic carbocycles. The Balaban J connectivity index is 1.61. The summed E-state index contributed by atoms with van der Waals surface area (Å²) < 4.78 is 5.48. The van der Waals surface area contributed by atoms with Gasteiger partial charge in [-0.25, -0.2) is 4.79 Å². The maximum absolute atomic E-state index is 13.5. The number of nitro benzene ring substituents is 1. The number of hydrogen-bond donors (Lipinski definition) is 1. The van der Waals surface area contributed by atoms with Crippen molar-refractivity contribution >= 4 is 17.4 Å². The van der Waals surface area contributed by atoms with E-state index in [9.17, 15) is 14.9 Å². The van der Waals surface area contributed by atoms with Gasteiger partial charge in [0.05, 0.1) is 17.6 Å². The number of benzene rings is 3. The van der Waals surface area contributed by atoms with E-state index in [0.717, 1.165) is 36.1 Å². The van der Waals surface area contributed by atoms with E-state index >= 15 is 0 Å². The molecule has 2 amide bonds. The number of rotatable bonds is 7. The molecule has 4 rings (SSSR count). The highest BCUT2D eigenvalue weighted by Gasteiger charge is 2.29. The lowest BCUT2D eigenvalue weighted by Gasteiger charge is -2.36. The summed E-state index contributed by atoms with van der Waals surface area (Å²) in [6.45, 7) is 2.85. The summed E-state index contributed by atoms with van der Waals surface area (Å²) in [5.74, 6) is 0.749. The summed E-state index contributed by atoms with van der Waals surface area (Å²) in [5, 5.41) is 14.0. The number of nitro groups is 1. The highest BCUT2D eigenvalue weighted by molar-refractivity contribution is 5.89. The number of aryl methyl sites for hydroxylation is 1. The lowest BCUT2D eigenvalue weighted by atomic mass is 9.86. The predicted molar refractivity (Wildman–Crippen MR) is 127 cm³/mol. The zero-order valence-corrected chi connectivity index (χ0v) is 18.6. The third-order valence-corrected chi connectivity index (χ3v) is 5.89. The summed E-state index contributed by atoms with van der Waals surface area (Å²) >= 11 is 0. The Bertz CT molecular complexity index is 1110. The van der Waals surface area contributed by atoms with Crippen LogP contribution >= 0.6 is 0 Å². The van der Waals surface area contributed by atoms with Crippen LogP contribution in [0.4, 0.5) is 16.2 Å². The minimum Gasteiger partial charge on any atom is -0.494 e. The first-order chi connectivity index (χ1) is 16.0. The third-order valence-electron chi connectivity index (χ3n) is 5.89. The van der Waals surface area contributed by atoms with Gasteiger partial charge in [-0.15, -0.1) is 0 Å². The molecule has 0 aromatic heterocycles. The van der Waals surface area contributed by atoms with Crippen LogP contribution in [-0.4, -0.2) is 22.5 Å². The number of non-ortho nitro benzene ring substituents is 1. The number of nitrogens with one attached hydrogen (secondary N) is 1. The molecular weight excluding hydrogens is 418 g/mol. The fourth-order valence-corrected chi connectivity index (χ4v) is 4.29. The van der Waals surface area contributed by atoms with Crippen molar-refractivity contribution in [1.82, 2.24) is 4.90 Å². The molecule has 3 aromatic rings. The molecule has 33 heavy (non-hydrogen) atoms. The lowest BCUT2D eigenvalue weighted by molar-refractivity contribution is -0.384. The number of hydrogen-bond acceptors (Lipinski definition) is 4.